The van der Waals surface area contributed by atoms with E-state index in [0.717, 1.165) is 6.42 Å². The summed E-state index contributed by atoms with van der Waals surface area (Å²) >= 11 is 0. The van der Waals surface area contributed by atoms with Gasteiger partial charge in [0.05, 0.1) is 19.0 Å². The Hall–Kier alpha value is -0.390. The maximum atomic E-state index is 10.7. The summed E-state index contributed by atoms with van der Waals surface area (Å²) in [6.07, 6.45) is 3.88. The Labute approximate surface area is 86.3 Å². The van der Waals surface area contributed by atoms with Gasteiger partial charge >= 0.3 is 0 Å². The molecule has 0 bridgehead atoms. The van der Waals surface area contributed by atoms with E-state index in [9.17, 15) is 8.42 Å². The van der Waals surface area contributed by atoms with Crippen LogP contribution in [-0.4, -0.2) is 46.7 Å². The fourth-order valence-electron chi connectivity index (χ4n) is 0.796. The van der Waals surface area contributed by atoms with E-state index in [1.54, 1.807) is 6.08 Å². The van der Waals surface area contributed by atoms with Crippen LogP contribution in [0.5, 0.6) is 0 Å². The molecule has 0 radical (unpaired) electrons. The highest BCUT2D eigenvalue weighted by molar-refractivity contribution is 7.90. The van der Waals surface area contributed by atoms with Crippen molar-refractivity contribution in [3.63, 3.8) is 0 Å². The SMILES string of the molecule is C=CCCOCCNCCS(C)(=O)=O. The van der Waals surface area contributed by atoms with E-state index in [1.807, 2.05) is 0 Å². The van der Waals surface area contributed by atoms with Crippen LogP contribution in [0.15, 0.2) is 12.7 Å². The zero-order chi connectivity index (χ0) is 10.9. The van der Waals surface area contributed by atoms with Gasteiger partial charge in [-0.2, -0.15) is 0 Å². The smallest absolute Gasteiger partial charge is 0.148 e. The van der Waals surface area contributed by atoms with Crippen molar-refractivity contribution in [1.29, 1.82) is 0 Å². The summed E-state index contributed by atoms with van der Waals surface area (Å²) < 4.78 is 26.7. The van der Waals surface area contributed by atoms with Gasteiger partial charge in [-0.25, -0.2) is 8.42 Å². The second kappa shape index (κ2) is 7.96. The monoisotopic (exact) mass is 221 g/mol. The summed E-state index contributed by atoms with van der Waals surface area (Å²) in [5.41, 5.74) is 0. The number of sulfone groups is 1. The topological polar surface area (TPSA) is 55.4 Å². The molecule has 84 valence electrons. The van der Waals surface area contributed by atoms with Gasteiger partial charge in [-0.15, -0.1) is 6.58 Å². The third-order valence-electron chi connectivity index (χ3n) is 1.54. The minimum atomic E-state index is -2.84. The van der Waals surface area contributed by atoms with E-state index < -0.39 is 9.84 Å². The van der Waals surface area contributed by atoms with Gasteiger partial charge in [0.1, 0.15) is 9.84 Å². The summed E-state index contributed by atoms with van der Waals surface area (Å²) in [5, 5.41) is 2.99. The van der Waals surface area contributed by atoms with Crippen LogP contribution in [-0.2, 0) is 14.6 Å². The minimum Gasteiger partial charge on any atom is -0.380 e. The molecule has 14 heavy (non-hydrogen) atoms. The molecule has 0 aromatic heterocycles. The van der Waals surface area contributed by atoms with Crippen molar-refractivity contribution in [3.8, 4) is 0 Å². The molecule has 0 fully saturated rings. The largest absolute Gasteiger partial charge is 0.380 e. The van der Waals surface area contributed by atoms with Gasteiger partial charge < -0.3 is 10.1 Å². The van der Waals surface area contributed by atoms with Crippen LogP contribution in [0.3, 0.4) is 0 Å². The number of hydrogen-bond donors (Lipinski definition) is 1. The maximum Gasteiger partial charge on any atom is 0.148 e. The van der Waals surface area contributed by atoms with Gasteiger partial charge in [0.2, 0.25) is 0 Å². The fourth-order valence-corrected chi connectivity index (χ4v) is 1.31. The van der Waals surface area contributed by atoms with Gasteiger partial charge in [-0.1, -0.05) is 6.08 Å². The van der Waals surface area contributed by atoms with E-state index in [-0.39, 0.29) is 5.75 Å². The van der Waals surface area contributed by atoms with E-state index >= 15 is 0 Å². The van der Waals surface area contributed by atoms with Gasteiger partial charge in [-0.05, 0) is 6.42 Å². The maximum absolute atomic E-state index is 10.7. The molecule has 0 heterocycles. The second-order valence-corrected chi connectivity index (χ2v) is 5.33. The van der Waals surface area contributed by atoms with Crippen LogP contribution < -0.4 is 5.32 Å². The predicted octanol–water partition coefficient (Wildman–Crippen LogP) is 0.213. The lowest BCUT2D eigenvalue weighted by Crippen LogP contribution is -2.25. The van der Waals surface area contributed by atoms with Gasteiger partial charge in [0.15, 0.2) is 0 Å². The first-order valence-corrected chi connectivity index (χ1v) is 6.69. The van der Waals surface area contributed by atoms with E-state index in [0.29, 0.717) is 26.3 Å². The van der Waals surface area contributed by atoms with E-state index in [4.69, 9.17) is 4.74 Å². The van der Waals surface area contributed by atoms with Crippen molar-refractivity contribution >= 4 is 9.84 Å². The van der Waals surface area contributed by atoms with Crippen LogP contribution in [0.4, 0.5) is 0 Å². The molecule has 0 aliphatic carbocycles. The molecule has 0 aliphatic rings. The van der Waals surface area contributed by atoms with Gasteiger partial charge in [0, 0.05) is 19.3 Å². The Morgan fingerprint density at radius 1 is 1.36 bits per heavy atom. The molecule has 0 saturated carbocycles. The third kappa shape index (κ3) is 11.6. The molecule has 0 spiro atoms. The van der Waals surface area contributed by atoms with Crippen LogP contribution in [0.2, 0.25) is 0 Å². The molecule has 0 rings (SSSR count). The van der Waals surface area contributed by atoms with Crippen LogP contribution in [0.25, 0.3) is 0 Å². The quantitative estimate of drug-likeness (QED) is 0.447. The highest BCUT2D eigenvalue weighted by Gasteiger charge is 1.99. The Balaban J connectivity index is 3.10. The molecule has 0 aliphatic heterocycles. The molecule has 1 N–H and O–H groups in total. The number of hydrogen-bond acceptors (Lipinski definition) is 4. The lowest BCUT2D eigenvalue weighted by atomic mass is 10.4. The number of nitrogens with one attached hydrogen (secondary N) is 1. The first-order chi connectivity index (χ1) is 6.56. The molecule has 0 saturated heterocycles. The number of rotatable bonds is 9. The zero-order valence-corrected chi connectivity index (χ0v) is 9.48. The molecule has 4 nitrogen and oxygen atoms in total. The van der Waals surface area contributed by atoms with Crippen molar-refractivity contribution in [3.05, 3.63) is 12.7 Å². The Kier molecular flexibility index (Phi) is 7.74. The highest BCUT2D eigenvalue weighted by Crippen LogP contribution is 1.82. The lowest BCUT2D eigenvalue weighted by Gasteiger charge is -2.04. The minimum absolute atomic E-state index is 0.180. The van der Waals surface area contributed by atoms with E-state index in [2.05, 4.69) is 11.9 Å². The molecule has 0 amide bonds. The predicted molar refractivity (Wildman–Crippen MR) is 58.2 cm³/mol. The normalized spacial score (nSPS) is 11.5. The van der Waals surface area contributed by atoms with E-state index in [1.165, 1.54) is 6.26 Å². The first-order valence-electron chi connectivity index (χ1n) is 4.63. The Bertz CT molecular complexity index is 236. The summed E-state index contributed by atoms with van der Waals surface area (Å²) in [5.74, 6) is 0.180. The van der Waals surface area contributed by atoms with Crippen LogP contribution >= 0.6 is 0 Å². The average molecular weight is 221 g/mol. The molecule has 0 unspecified atom stereocenters. The summed E-state index contributed by atoms with van der Waals surface area (Å²) in [4.78, 5) is 0. The summed E-state index contributed by atoms with van der Waals surface area (Å²) in [6.45, 7) is 6.04. The van der Waals surface area contributed by atoms with Crippen molar-refractivity contribution < 1.29 is 13.2 Å². The van der Waals surface area contributed by atoms with Crippen LogP contribution in [0.1, 0.15) is 6.42 Å². The van der Waals surface area contributed by atoms with Gasteiger partial charge in [0.25, 0.3) is 0 Å². The molecule has 0 atom stereocenters. The number of ether oxygens (including phenoxy) is 1. The summed E-state index contributed by atoms with van der Waals surface area (Å²) in [6, 6.07) is 0. The zero-order valence-electron chi connectivity index (χ0n) is 8.66. The Morgan fingerprint density at radius 2 is 2.07 bits per heavy atom. The van der Waals surface area contributed by atoms with Crippen molar-refractivity contribution in [1.82, 2.24) is 5.32 Å². The Morgan fingerprint density at radius 3 is 2.64 bits per heavy atom. The van der Waals surface area contributed by atoms with Crippen molar-refractivity contribution in [2.24, 2.45) is 0 Å². The lowest BCUT2D eigenvalue weighted by molar-refractivity contribution is 0.141. The molecule has 0 aromatic carbocycles. The second-order valence-electron chi connectivity index (χ2n) is 3.07. The first kappa shape index (κ1) is 13.6. The molecular formula is C9H19NO3S. The third-order valence-corrected chi connectivity index (χ3v) is 2.48. The molecule has 5 heteroatoms. The van der Waals surface area contributed by atoms with Gasteiger partial charge in [-0.3, -0.25) is 0 Å². The summed E-state index contributed by atoms with van der Waals surface area (Å²) in [7, 11) is -2.84. The average Bonchev–Trinajstić information content (AvgIpc) is 2.08. The van der Waals surface area contributed by atoms with Crippen LogP contribution in [0, 0.1) is 0 Å². The highest BCUT2D eigenvalue weighted by atomic mass is 32.2. The van der Waals surface area contributed by atoms with Crippen molar-refractivity contribution in [2.75, 3.05) is 38.3 Å². The molecular weight excluding hydrogens is 202 g/mol. The fraction of sp³-hybridized carbons (Fsp3) is 0.778. The van der Waals surface area contributed by atoms with Crippen molar-refractivity contribution in [2.45, 2.75) is 6.42 Å². The standard InChI is InChI=1S/C9H19NO3S/c1-3-4-7-13-8-5-10-6-9-14(2,11)12/h3,10H,1,4-9H2,2H3. The molecule has 0 aromatic rings.